The molecule has 7 heteroatoms. The Hall–Kier alpha value is -2.17. The molecule has 0 aromatic heterocycles. The Kier molecular flexibility index (Phi) is 7.03. The van der Waals surface area contributed by atoms with Gasteiger partial charge in [-0.2, -0.15) is 5.26 Å². The maximum atomic E-state index is 10.8. The van der Waals surface area contributed by atoms with Crippen molar-refractivity contribution in [2.24, 2.45) is 0 Å². The molecule has 1 rings (SSSR count). The smallest absolute Gasteiger partial charge is 0.290 e. The summed E-state index contributed by atoms with van der Waals surface area (Å²) in [5.74, 6) is 0.368. The third-order valence-corrected chi connectivity index (χ3v) is 2.42. The molecule has 0 bridgehead atoms. The fraction of sp³-hybridized carbons (Fsp3) is 0.462. The quantitative estimate of drug-likeness (QED) is 0.389. The van der Waals surface area contributed by atoms with Gasteiger partial charge in [0.25, 0.3) is 5.69 Å². The number of methoxy groups -OCH3 is 1. The summed E-state index contributed by atoms with van der Waals surface area (Å²) >= 11 is 0. The first kappa shape index (κ1) is 15.9. The van der Waals surface area contributed by atoms with Gasteiger partial charge in [-0.25, -0.2) is 0 Å². The van der Waals surface area contributed by atoms with Gasteiger partial charge < -0.3 is 14.2 Å². The third-order valence-electron chi connectivity index (χ3n) is 2.42. The monoisotopic (exact) mass is 280 g/mol. The molecule has 20 heavy (non-hydrogen) atoms. The maximum Gasteiger partial charge on any atom is 0.290 e. The van der Waals surface area contributed by atoms with Crippen LogP contribution in [-0.2, 0) is 9.47 Å². The highest BCUT2D eigenvalue weighted by atomic mass is 16.6. The minimum absolute atomic E-state index is 0.0187. The highest BCUT2D eigenvalue weighted by molar-refractivity contribution is 5.52. The largest absolute Gasteiger partial charge is 0.493 e. The van der Waals surface area contributed by atoms with Crippen molar-refractivity contribution in [1.82, 2.24) is 0 Å². The van der Waals surface area contributed by atoms with Gasteiger partial charge in [0.05, 0.1) is 30.8 Å². The Morgan fingerprint density at radius 1 is 1.30 bits per heavy atom. The predicted molar refractivity (Wildman–Crippen MR) is 70.6 cm³/mol. The van der Waals surface area contributed by atoms with Crippen LogP contribution < -0.4 is 4.74 Å². The van der Waals surface area contributed by atoms with E-state index in [1.54, 1.807) is 13.2 Å². The summed E-state index contributed by atoms with van der Waals surface area (Å²) < 4.78 is 15.5. The molecule has 0 aliphatic rings. The van der Waals surface area contributed by atoms with Crippen LogP contribution in [0.3, 0.4) is 0 Å². The van der Waals surface area contributed by atoms with Gasteiger partial charge in [-0.3, -0.25) is 10.1 Å². The van der Waals surface area contributed by atoms with Crippen LogP contribution in [-0.4, -0.2) is 38.5 Å². The minimum atomic E-state index is -0.598. The Morgan fingerprint density at radius 3 is 2.75 bits per heavy atom. The summed E-state index contributed by atoms with van der Waals surface area (Å²) in [7, 11) is 1.60. The maximum absolute atomic E-state index is 10.8. The first-order valence-corrected chi connectivity index (χ1v) is 6.07. The fourth-order valence-electron chi connectivity index (χ4n) is 1.44. The summed E-state index contributed by atoms with van der Waals surface area (Å²) in [5, 5.41) is 19.5. The van der Waals surface area contributed by atoms with Crippen LogP contribution in [0.1, 0.15) is 12.0 Å². The van der Waals surface area contributed by atoms with Gasteiger partial charge in [-0.05, 0) is 12.1 Å². The second-order valence-electron chi connectivity index (χ2n) is 3.86. The van der Waals surface area contributed by atoms with Crippen molar-refractivity contribution in [2.75, 3.05) is 33.5 Å². The van der Waals surface area contributed by atoms with Crippen molar-refractivity contribution in [3.05, 3.63) is 33.9 Å². The second kappa shape index (κ2) is 8.85. The van der Waals surface area contributed by atoms with E-state index in [1.807, 2.05) is 0 Å². The number of rotatable bonds is 9. The molecule has 0 unspecified atom stereocenters. The van der Waals surface area contributed by atoms with Crippen LogP contribution in [0.5, 0.6) is 5.75 Å². The summed E-state index contributed by atoms with van der Waals surface area (Å²) in [4.78, 5) is 10.2. The van der Waals surface area contributed by atoms with E-state index in [2.05, 4.69) is 0 Å². The molecule has 0 heterocycles. The lowest BCUT2D eigenvalue weighted by Crippen LogP contribution is -2.07. The zero-order chi connectivity index (χ0) is 14.8. The third kappa shape index (κ3) is 5.22. The molecule has 0 spiro atoms. The number of benzene rings is 1. The molecule has 1 aromatic carbocycles. The Morgan fingerprint density at radius 2 is 2.10 bits per heavy atom. The molecule has 0 fully saturated rings. The number of nitro benzene ring substituents is 1. The topological polar surface area (TPSA) is 94.6 Å². The normalized spacial score (nSPS) is 10.0. The Balaban J connectivity index is 2.39. The zero-order valence-electron chi connectivity index (χ0n) is 11.2. The first-order chi connectivity index (χ1) is 9.69. The molecular formula is C13H16N2O5. The van der Waals surface area contributed by atoms with Crippen LogP contribution in [0.2, 0.25) is 0 Å². The van der Waals surface area contributed by atoms with E-state index in [0.29, 0.717) is 38.6 Å². The van der Waals surface area contributed by atoms with Gasteiger partial charge in [-0.15, -0.1) is 0 Å². The molecule has 7 nitrogen and oxygen atoms in total. The van der Waals surface area contributed by atoms with Crippen LogP contribution in [0.4, 0.5) is 5.69 Å². The summed E-state index contributed by atoms with van der Waals surface area (Å²) in [5.41, 5.74) is -0.230. The van der Waals surface area contributed by atoms with Gasteiger partial charge in [0, 0.05) is 20.1 Å². The standard InChI is InChI=1S/C13H16N2O5/c1-18-7-8-19-5-2-6-20-12-4-3-11(10-14)13(9-12)15(16)17/h3-4,9H,2,5-8H2,1H3. The molecule has 0 atom stereocenters. The van der Waals surface area contributed by atoms with Crippen molar-refractivity contribution in [1.29, 1.82) is 5.26 Å². The first-order valence-electron chi connectivity index (χ1n) is 6.07. The number of nitro groups is 1. The van der Waals surface area contributed by atoms with Gasteiger partial charge in [-0.1, -0.05) is 0 Å². The van der Waals surface area contributed by atoms with Gasteiger partial charge in [0.1, 0.15) is 17.4 Å². The Bertz CT molecular complexity index is 484. The molecule has 0 amide bonds. The van der Waals surface area contributed by atoms with Crippen molar-refractivity contribution in [2.45, 2.75) is 6.42 Å². The van der Waals surface area contributed by atoms with E-state index in [0.717, 1.165) is 0 Å². The summed E-state index contributed by atoms with van der Waals surface area (Å²) in [6.45, 7) is 1.99. The zero-order valence-corrected chi connectivity index (χ0v) is 11.2. The number of hydrogen-bond donors (Lipinski definition) is 0. The molecule has 0 aliphatic carbocycles. The highest BCUT2D eigenvalue weighted by Gasteiger charge is 2.14. The number of nitriles is 1. The summed E-state index contributed by atoms with van der Waals surface area (Å²) in [6, 6.07) is 5.94. The molecule has 0 saturated carbocycles. The second-order valence-corrected chi connectivity index (χ2v) is 3.86. The van der Waals surface area contributed by atoms with Crippen LogP contribution in [0.15, 0.2) is 18.2 Å². The van der Waals surface area contributed by atoms with Crippen molar-refractivity contribution in [3.8, 4) is 11.8 Å². The van der Waals surface area contributed by atoms with E-state index in [-0.39, 0.29) is 11.3 Å². The summed E-state index contributed by atoms with van der Waals surface area (Å²) in [6.07, 6.45) is 0.664. The highest BCUT2D eigenvalue weighted by Crippen LogP contribution is 2.24. The van der Waals surface area contributed by atoms with Crippen LogP contribution in [0, 0.1) is 21.4 Å². The Labute approximate surface area is 116 Å². The lowest BCUT2D eigenvalue weighted by Gasteiger charge is -2.07. The van der Waals surface area contributed by atoms with E-state index >= 15 is 0 Å². The average molecular weight is 280 g/mol. The van der Waals surface area contributed by atoms with Gasteiger partial charge >= 0.3 is 0 Å². The minimum Gasteiger partial charge on any atom is -0.493 e. The number of ether oxygens (including phenoxy) is 3. The average Bonchev–Trinajstić information content (AvgIpc) is 2.46. The molecule has 0 N–H and O–H groups in total. The van der Waals surface area contributed by atoms with Crippen LogP contribution >= 0.6 is 0 Å². The lowest BCUT2D eigenvalue weighted by molar-refractivity contribution is -0.385. The van der Waals surface area contributed by atoms with Gasteiger partial charge in [0.15, 0.2) is 0 Å². The van der Waals surface area contributed by atoms with Crippen molar-refractivity contribution in [3.63, 3.8) is 0 Å². The van der Waals surface area contributed by atoms with Crippen molar-refractivity contribution < 1.29 is 19.1 Å². The number of nitrogens with zero attached hydrogens (tertiary/aromatic N) is 2. The SMILES string of the molecule is COCCOCCCOc1ccc(C#N)c([N+](=O)[O-])c1. The molecular weight excluding hydrogens is 264 g/mol. The van der Waals surface area contributed by atoms with Crippen molar-refractivity contribution >= 4 is 5.69 Å². The predicted octanol–water partition coefficient (Wildman–Crippen LogP) is 1.90. The number of hydrogen-bond acceptors (Lipinski definition) is 6. The van der Waals surface area contributed by atoms with E-state index < -0.39 is 4.92 Å². The van der Waals surface area contributed by atoms with E-state index in [9.17, 15) is 10.1 Å². The van der Waals surface area contributed by atoms with E-state index in [4.69, 9.17) is 19.5 Å². The van der Waals surface area contributed by atoms with E-state index in [1.165, 1.54) is 18.2 Å². The molecule has 0 radical (unpaired) electrons. The van der Waals surface area contributed by atoms with Crippen LogP contribution in [0.25, 0.3) is 0 Å². The molecule has 0 saturated heterocycles. The molecule has 1 aromatic rings. The molecule has 0 aliphatic heterocycles. The molecule has 108 valence electrons. The van der Waals surface area contributed by atoms with Gasteiger partial charge in [0.2, 0.25) is 0 Å². The lowest BCUT2D eigenvalue weighted by atomic mass is 10.2. The fourth-order valence-corrected chi connectivity index (χ4v) is 1.44.